The normalized spacial score (nSPS) is 18.3. The highest BCUT2D eigenvalue weighted by molar-refractivity contribution is 5.57. The van der Waals surface area contributed by atoms with Gasteiger partial charge in [-0.25, -0.2) is 0 Å². The number of rotatable bonds is 6. The number of methoxy groups -OCH3 is 1. The fourth-order valence-electron chi connectivity index (χ4n) is 2.19. The lowest BCUT2D eigenvalue weighted by Gasteiger charge is -2.11. The van der Waals surface area contributed by atoms with Crippen molar-refractivity contribution in [2.75, 3.05) is 25.6 Å². The number of nitrogens with one attached hydrogen (secondary N) is 1. The van der Waals surface area contributed by atoms with Crippen molar-refractivity contribution in [3.8, 4) is 5.75 Å². The zero-order chi connectivity index (χ0) is 13.7. The third-order valence-corrected chi connectivity index (χ3v) is 3.20. The first-order chi connectivity index (χ1) is 9.20. The Balaban J connectivity index is 1.91. The minimum atomic E-state index is -0.449. The van der Waals surface area contributed by atoms with Gasteiger partial charge in [-0.2, -0.15) is 0 Å². The van der Waals surface area contributed by atoms with E-state index >= 15 is 0 Å². The number of hydrogen-bond acceptors (Lipinski definition) is 5. The van der Waals surface area contributed by atoms with Crippen molar-refractivity contribution in [3.05, 3.63) is 28.3 Å². The molecule has 1 N–H and O–H groups in total. The van der Waals surface area contributed by atoms with E-state index < -0.39 is 4.92 Å². The fourth-order valence-corrected chi connectivity index (χ4v) is 2.19. The van der Waals surface area contributed by atoms with Crippen LogP contribution in [0.2, 0.25) is 0 Å². The van der Waals surface area contributed by atoms with Crippen LogP contribution in [0.1, 0.15) is 19.3 Å². The molecule has 1 saturated heterocycles. The molecule has 1 aromatic carbocycles. The van der Waals surface area contributed by atoms with Crippen molar-refractivity contribution >= 4 is 11.4 Å². The van der Waals surface area contributed by atoms with E-state index in [0.29, 0.717) is 6.10 Å². The molecule has 0 saturated carbocycles. The van der Waals surface area contributed by atoms with E-state index in [1.165, 1.54) is 13.2 Å². The van der Waals surface area contributed by atoms with Crippen molar-refractivity contribution in [3.63, 3.8) is 0 Å². The Labute approximate surface area is 111 Å². The summed E-state index contributed by atoms with van der Waals surface area (Å²) in [7, 11) is 1.43. The molecule has 0 spiro atoms. The molecule has 1 heterocycles. The number of anilines is 1. The van der Waals surface area contributed by atoms with E-state index in [9.17, 15) is 10.1 Å². The molecule has 6 heteroatoms. The Morgan fingerprint density at radius 2 is 2.42 bits per heavy atom. The summed E-state index contributed by atoms with van der Waals surface area (Å²) >= 11 is 0. The summed E-state index contributed by atoms with van der Waals surface area (Å²) < 4.78 is 10.6. The van der Waals surface area contributed by atoms with E-state index in [1.807, 2.05) is 0 Å². The standard InChI is InChI=1S/C13H18N2O4/c1-18-13-9-10(4-5-12(13)15(16)17)14-7-6-11-3-2-8-19-11/h4-5,9,11,14H,2-3,6-8H2,1H3. The van der Waals surface area contributed by atoms with Gasteiger partial charge in [0.2, 0.25) is 0 Å². The van der Waals surface area contributed by atoms with Crippen molar-refractivity contribution in [1.82, 2.24) is 0 Å². The molecule has 1 aliphatic heterocycles. The van der Waals surface area contributed by atoms with Crippen molar-refractivity contribution in [2.45, 2.75) is 25.4 Å². The zero-order valence-electron chi connectivity index (χ0n) is 10.9. The van der Waals surface area contributed by atoms with Crippen LogP contribution in [0.3, 0.4) is 0 Å². The molecule has 2 rings (SSSR count). The van der Waals surface area contributed by atoms with E-state index in [-0.39, 0.29) is 11.4 Å². The molecule has 1 unspecified atom stereocenters. The summed E-state index contributed by atoms with van der Waals surface area (Å²) in [4.78, 5) is 10.3. The molecule has 6 nitrogen and oxygen atoms in total. The highest BCUT2D eigenvalue weighted by atomic mass is 16.6. The van der Waals surface area contributed by atoms with Crippen LogP contribution in [0, 0.1) is 10.1 Å². The quantitative estimate of drug-likeness (QED) is 0.632. The van der Waals surface area contributed by atoms with Crippen LogP contribution < -0.4 is 10.1 Å². The molecule has 19 heavy (non-hydrogen) atoms. The maximum Gasteiger partial charge on any atom is 0.311 e. The molecule has 1 aliphatic rings. The van der Waals surface area contributed by atoms with Gasteiger partial charge in [-0.1, -0.05) is 0 Å². The Kier molecular flexibility index (Phi) is 4.57. The number of ether oxygens (including phenoxy) is 2. The molecule has 0 aromatic heterocycles. The first-order valence-corrected chi connectivity index (χ1v) is 6.38. The highest BCUT2D eigenvalue weighted by Crippen LogP contribution is 2.29. The number of nitro benzene ring substituents is 1. The molecule has 1 atom stereocenters. The first-order valence-electron chi connectivity index (χ1n) is 6.38. The van der Waals surface area contributed by atoms with Crippen LogP contribution in [0.15, 0.2) is 18.2 Å². The van der Waals surface area contributed by atoms with E-state index in [1.54, 1.807) is 12.1 Å². The van der Waals surface area contributed by atoms with Crippen molar-refractivity contribution in [2.24, 2.45) is 0 Å². The average molecular weight is 266 g/mol. The summed E-state index contributed by atoms with van der Waals surface area (Å²) in [5.41, 5.74) is 0.799. The van der Waals surface area contributed by atoms with Crippen LogP contribution in [-0.2, 0) is 4.74 Å². The van der Waals surface area contributed by atoms with Crippen LogP contribution in [0.5, 0.6) is 5.75 Å². The third-order valence-electron chi connectivity index (χ3n) is 3.20. The van der Waals surface area contributed by atoms with Gasteiger partial charge < -0.3 is 14.8 Å². The molecule has 0 radical (unpaired) electrons. The summed E-state index contributed by atoms with van der Waals surface area (Å²) in [6.45, 7) is 1.64. The van der Waals surface area contributed by atoms with Gasteiger partial charge in [0.1, 0.15) is 0 Å². The van der Waals surface area contributed by atoms with E-state index in [4.69, 9.17) is 9.47 Å². The Morgan fingerprint density at radius 1 is 1.58 bits per heavy atom. The maximum absolute atomic E-state index is 10.8. The number of hydrogen-bond donors (Lipinski definition) is 1. The maximum atomic E-state index is 10.8. The third kappa shape index (κ3) is 3.57. The lowest BCUT2D eigenvalue weighted by molar-refractivity contribution is -0.385. The van der Waals surface area contributed by atoms with Gasteiger partial charge in [0, 0.05) is 31.0 Å². The second-order valence-corrected chi connectivity index (χ2v) is 4.49. The van der Waals surface area contributed by atoms with Gasteiger partial charge in [-0.3, -0.25) is 10.1 Å². The number of benzene rings is 1. The van der Waals surface area contributed by atoms with Gasteiger partial charge >= 0.3 is 5.69 Å². The molecule has 0 bridgehead atoms. The van der Waals surface area contributed by atoms with E-state index in [0.717, 1.165) is 38.1 Å². The summed E-state index contributed by atoms with van der Waals surface area (Å²) in [6, 6.07) is 4.79. The van der Waals surface area contributed by atoms with Gasteiger partial charge in [0.25, 0.3) is 0 Å². The van der Waals surface area contributed by atoms with Gasteiger partial charge in [0.15, 0.2) is 5.75 Å². The number of nitro groups is 1. The predicted molar refractivity (Wildman–Crippen MR) is 71.7 cm³/mol. The Hall–Kier alpha value is -1.82. The lowest BCUT2D eigenvalue weighted by Crippen LogP contribution is -2.12. The minimum absolute atomic E-state index is 0.0211. The topological polar surface area (TPSA) is 73.6 Å². The summed E-state index contributed by atoms with van der Waals surface area (Å²) in [5, 5.41) is 14.0. The number of nitrogens with zero attached hydrogens (tertiary/aromatic N) is 1. The zero-order valence-corrected chi connectivity index (χ0v) is 10.9. The molecule has 1 aromatic rings. The van der Waals surface area contributed by atoms with Crippen LogP contribution in [-0.4, -0.2) is 31.3 Å². The molecular formula is C13H18N2O4. The minimum Gasteiger partial charge on any atom is -0.490 e. The molecule has 104 valence electrons. The second-order valence-electron chi connectivity index (χ2n) is 4.49. The van der Waals surface area contributed by atoms with Gasteiger partial charge in [-0.05, 0) is 25.3 Å². The highest BCUT2D eigenvalue weighted by Gasteiger charge is 2.16. The van der Waals surface area contributed by atoms with Gasteiger partial charge in [0.05, 0.1) is 18.1 Å². The smallest absolute Gasteiger partial charge is 0.311 e. The molecular weight excluding hydrogens is 248 g/mol. The van der Waals surface area contributed by atoms with Crippen molar-refractivity contribution < 1.29 is 14.4 Å². The summed E-state index contributed by atoms with van der Waals surface area (Å²) in [6.07, 6.45) is 3.54. The second kappa shape index (κ2) is 6.38. The summed E-state index contributed by atoms with van der Waals surface area (Å²) in [5.74, 6) is 0.270. The van der Waals surface area contributed by atoms with Gasteiger partial charge in [-0.15, -0.1) is 0 Å². The van der Waals surface area contributed by atoms with Crippen LogP contribution >= 0.6 is 0 Å². The largest absolute Gasteiger partial charge is 0.490 e. The van der Waals surface area contributed by atoms with Crippen LogP contribution in [0.4, 0.5) is 11.4 Å². The predicted octanol–water partition coefficient (Wildman–Crippen LogP) is 2.58. The Morgan fingerprint density at radius 3 is 3.05 bits per heavy atom. The monoisotopic (exact) mass is 266 g/mol. The average Bonchev–Trinajstić information content (AvgIpc) is 2.91. The van der Waals surface area contributed by atoms with Crippen LogP contribution in [0.25, 0.3) is 0 Å². The molecule has 1 fully saturated rings. The molecule has 0 aliphatic carbocycles. The lowest BCUT2D eigenvalue weighted by atomic mass is 10.2. The Bertz CT molecular complexity index is 444. The van der Waals surface area contributed by atoms with Crippen molar-refractivity contribution in [1.29, 1.82) is 0 Å². The SMILES string of the molecule is COc1cc(NCCC2CCCO2)ccc1[N+](=O)[O-]. The van der Waals surface area contributed by atoms with E-state index in [2.05, 4.69) is 5.32 Å². The fraction of sp³-hybridized carbons (Fsp3) is 0.538. The first kappa shape index (κ1) is 13.6. The molecule has 0 amide bonds.